The van der Waals surface area contributed by atoms with Gasteiger partial charge in [0.05, 0.1) is 12.1 Å². The molecule has 0 aromatic carbocycles. The van der Waals surface area contributed by atoms with Crippen LogP contribution in [0.15, 0.2) is 0 Å². The van der Waals surface area contributed by atoms with Crippen LogP contribution in [0.4, 0.5) is 0 Å². The van der Waals surface area contributed by atoms with Crippen molar-refractivity contribution in [3.8, 4) is 0 Å². The van der Waals surface area contributed by atoms with E-state index < -0.39 is 30.0 Å². The molecule has 3 atom stereocenters. The first kappa shape index (κ1) is 14.5. The van der Waals surface area contributed by atoms with Crippen LogP contribution >= 0.6 is 0 Å². The molecule has 2 amide bonds. The number of nitrogens with one attached hydrogen (secondary N) is 1. The predicted octanol–water partition coefficient (Wildman–Crippen LogP) is -2.45. The van der Waals surface area contributed by atoms with Gasteiger partial charge in [0.15, 0.2) is 0 Å². The quantitative estimate of drug-likeness (QED) is 0.385. The van der Waals surface area contributed by atoms with Gasteiger partial charge in [-0.05, 0) is 13.3 Å². The van der Waals surface area contributed by atoms with Gasteiger partial charge in [-0.2, -0.15) is 0 Å². The molecule has 7 nitrogen and oxygen atoms in total. The minimum absolute atomic E-state index is 0.0376. The number of hydrogen-bond donors (Lipinski definition) is 4. The summed E-state index contributed by atoms with van der Waals surface area (Å²) >= 11 is 0. The van der Waals surface area contributed by atoms with Crippen molar-refractivity contribution >= 4 is 18.1 Å². The Kier molecular flexibility index (Phi) is 6.28. The molecule has 0 bridgehead atoms. The zero-order valence-corrected chi connectivity index (χ0v) is 8.97. The Morgan fingerprint density at radius 1 is 1.50 bits per heavy atom. The molecule has 0 rings (SSSR count). The van der Waals surface area contributed by atoms with Gasteiger partial charge >= 0.3 is 0 Å². The van der Waals surface area contributed by atoms with Crippen molar-refractivity contribution in [2.75, 3.05) is 0 Å². The van der Waals surface area contributed by atoms with Gasteiger partial charge in [0, 0.05) is 6.42 Å². The van der Waals surface area contributed by atoms with Crippen LogP contribution in [-0.4, -0.2) is 41.4 Å². The molecule has 7 heteroatoms. The highest BCUT2D eigenvalue weighted by atomic mass is 16.3. The highest BCUT2D eigenvalue weighted by Gasteiger charge is 2.22. The van der Waals surface area contributed by atoms with E-state index in [1.807, 2.05) is 0 Å². The van der Waals surface area contributed by atoms with Crippen molar-refractivity contribution in [3.05, 3.63) is 0 Å². The molecule has 0 spiro atoms. The SMILES string of the molecule is C[C@@H](O)[C@H](N)C(=O)N[C@@H]([C]=O)CCC(N)=O. The fourth-order valence-electron chi connectivity index (χ4n) is 0.934. The van der Waals surface area contributed by atoms with Gasteiger partial charge in [0.25, 0.3) is 0 Å². The second kappa shape index (κ2) is 6.91. The van der Waals surface area contributed by atoms with Crippen molar-refractivity contribution < 1.29 is 19.5 Å². The molecule has 0 aliphatic heterocycles. The van der Waals surface area contributed by atoms with Crippen molar-refractivity contribution in [1.29, 1.82) is 0 Å². The molecule has 6 N–H and O–H groups in total. The summed E-state index contributed by atoms with van der Waals surface area (Å²) in [4.78, 5) is 32.2. The van der Waals surface area contributed by atoms with Crippen LogP contribution in [0.5, 0.6) is 0 Å². The van der Waals surface area contributed by atoms with E-state index in [2.05, 4.69) is 5.32 Å². The molecule has 0 saturated carbocycles. The monoisotopic (exact) mass is 230 g/mol. The summed E-state index contributed by atoms with van der Waals surface area (Å²) in [6.07, 6.45) is 0.560. The summed E-state index contributed by atoms with van der Waals surface area (Å²) in [6.45, 7) is 1.35. The van der Waals surface area contributed by atoms with E-state index in [4.69, 9.17) is 16.6 Å². The maximum Gasteiger partial charge on any atom is 0.240 e. The van der Waals surface area contributed by atoms with E-state index >= 15 is 0 Å². The number of amides is 2. The van der Waals surface area contributed by atoms with Gasteiger partial charge in [0.1, 0.15) is 6.04 Å². The molecule has 0 aliphatic carbocycles. The second-order valence-electron chi connectivity index (χ2n) is 3.45. The Morgan fingerprint density at radius 3 is 2.44 bits per heavy atom. The predicted molar refractivity (Wildman–Crippen MR) is 55.7 cm³/mol. The number of carbonyl (C=O) groups excluding carboxylic acids is 3. The lowest BCUT2D eigenvalue weighted by atomic mass is 10.1. The van der Waals surface area contributed by atoms with Crippen LogP contribution in [-0.2, 0) is 14.4 Å². The molecular weight excluding hydrogens is 214 g/mol. The van der Waals surface area contributed by atoms with E-state index in [0.717, 1.165) is 0 Å². The van der Waals surface area contributed by atoms with E-state index in [9.17, 15) is 14.4 Å². The van der Waals surface area contributed by atoms with Crippen LogP contribution in [0.2, 0.25) is 0 Å². The number of carbonyl (C=O) groups is 2. The first-order valence-electron chi connectivity index (χ1n) is 4.78. The Hall–Kier alpha value is -1.47. The van der Waals surface area contributed by atoms with E-state index in [1.54, 1.807) is 6.29 Å². The van der Waals surface area contributed by atoms with E-state index in [0.29, 0.717) is 0 Å². The molecule has 1 radical (unpaired) electrons. The lowest BCUT2D eigenvalue weighted by Gasteiger charge is -2.17. The van der Waals surface area contributed by atoms with Crippen LogP contribution in [0, 0.1) is 0 Å². The molecule has 0 heterocycles. The van der Waals surface area contributed by atoms with Gasteiger partial charge in [-0.15, -0.1) is 0 Å². The Balaban J connectivity index is 4.16. The van der Waals surface area contributed by atoms with Gasteiger partial charge in [0.2, 0.25) is 18.1 Å². The molecule has 0 aromatic rings. The fourth-order valence-corrected chi connectivity index (χ4v) is 0.934. The van der Waals surface area contributed by atoms with Gasteiger partial charge < -0.3 is 21.9 Å². The number of hydrogen-bond acceptors (Lipinski definition) is 5. The summed E-state index contributed by atoms with van der Waals surface area (Å²) in [5.41, 5.74) is 10.2. The number of rotatable bonds is 7. The average Bonchev–Trinajstić information content (AvgIpc) is 2.22. The lowest BCUT2D eigenvalue weighted by molar-refractivity contribution is -0.125. The average molecular weight is 230 g/mol. The van der Waals surface area contributed by atoms with Crippen molar-refractivity contribution in [1.82, 2.24) is 5.32 Å². The largest absolute Gasteiger partial charge is 0.391 e. The summed E-state index contributed by atoms with van der Waals surface area (Å²) < 4.78 is 0. The van der Waals surface area contributed by atoms with Gasteiger partial charge in [-0.25, -0.2) is 0 Å². The van der Waals surface area contributed by atoms with E-state index in [-0.39, 0.29) is 12.8 Å². The summed E-state index contributed by atoms with van der Waals surface area (Å²) in [5, 5.41) is 11.3. The molecular formula is C9H16N3O4. The molecule has 0 aromatic heterocycles. The van der Waals surface area contributed by atoms with Crippen LogP contribution < -0.4 is 16.8 Å². The first-order valence-corrected chi connectivity index (χ1v) is 4.78. The first-order chi connectivity index (χ1) is 7.38. The number of nitrogens with two attached hydrogens (primary N) is 2. The molecule has 16 heavy (non-hydrogen) atoms. The van der Waals surface area contributed by atoms with Gasteiger partial charge in [-0.3, -0.25) is 14.4 Å². The smallest absolute Gasteiger partial charge is 0.240 e. The molecule has 0 fully saturated rings. The highest BCUT2D eigenvalue weighted by molar-refractivity contribution is 5.85. The second-order valence-corrected chi connectivity index (χ2v) is 3.45. The zero-order valence-electron chi connectivity index (χ0n) is 8.97. The Morgan fingerprint density at radius 2 is 2.06 bits per heavy atom. The number of aliphatic hydroxyl groups is 1. The topological polar surface area (TPSA) is 136 Å². The van der Waals surface area contributed by atoms with Crippen LogP contribution in [0.25, 0.3) is 0 Å². The maximum atomic E-state index is 11.3. The van der Waals surface area contributed by atoms with Gasteiger partial charge in [-0.1, -0.05) is 0 Å². The van der Waals surface area contributed by atoms with Crippen molar-refractivity contribution in [3.63, 3.8) is 0 Å². The molecule has 0 saturated heterocycles. The summed E-state index contributed by atoms with van der Waals surface area (Å²) in [5.74, 6) is -1.25. The number of aliphatic hydroxyl groups excluding tert-OH is 1. The molecule has 0 aliphatic rings. The lowest BCUT2D eigenvalue weighted by Crippen LogP contribution is -2.50. The third kappa shape index (κ3) is 5.42. The minimum atomic E-state index is -1.12. The van der Waals surface area contributed by atoms with Crippen LogP contribution in [0.3, 0.4) is 0 Å². The fraction of sp³-hybridized carbons (Fsp3) is 0.667. The maximum absolute atomic E-state index is 11.3. The third-order valence-electron chi connectivity index (χ3n) is 1.96. The Labute approximate surface area is 93.2 Å². The normalized spacial score (nSPS) is 15.9. The molecule has 0 unspecified atom stereocenters. The Bertz CT molecular complexity index is 267. The van der Waals surface area contributed by atoms with Crippen molar-refractivity contribution in [2.45, 2.75) is 38.0 Å². The summed E-state index contributed by atoms with van der Waals surface area (Å²) in [7, 11) is 0. The minimum Gasteiger partial charge on any atom is -0.391 e. The number of primary amides is 1. The zero-order chi connectivity index (χ0) is 12.7. The van der Waals surface area contributed by atoms with Crippen LogP contribution in [0.1, 0.15) is 19.8 Å². The van der Waals surface area contributed by atoms with E-state index in [1.165, 1.54) is 6.92 Å². The van der Waals surface area contributed by atoms with Crippen molar-refractivity contribution in [2.24, 2.45) is 11.5 Å². The standard InChI is InChI=1S/C9H16N3O4/c1-5(14)8(11)9(16)12-6(4-13)2-3-7(10)15/h5-6,8,14H,2-3,11H2,1H3,(H2,10,15)(H,12,16)/t5-,6-,8+/m1/s1. The summed E-state index contributed by atoms with van der Waals surface area (Å²) in [6, 6.07) is -2.06. The third-order valence-corrected chi connectivity index (χ3v) is 1.96. The molecule has 91 valence electrons. The highest BCUT2D eigenvalue weighted by Crippen LogP contribution is 1.96.